The first-order chi connectivity index (χ1) is 6.29. The molecule has 0 amide bonds. The van der Waals surface area contributed by atoms with Crippen molar-refractivity contribution in [2.75, 3.05) is 18.8 Å². The largest absolute Gasteiger partial charge is 0.396 e. The maximum absolute atomic E-state index is 5.92. The molecule has 0 saturated carbocycles. The van der Waals surface area contributed by atoms with Crippen LogP contribution in [0.5, 0.6) is 0 Å². The number of aromatic amines is 1. The van der Waals surface area contributed by atoms with Crippen LogP contribution in [0.15, 0.2) is 0 Å². The first-order valence-electron chi connectivity index (χ1n) is 4.80. The Balaban J connectivity index is 2.18. The van der Waals surface area contributed by atoms with Gasteiger partial charge >= 0.3 is 0 Å². The standard InChI is InChI=1S/C9H16N4/c1-6-8(10)9(13-12-6)7-2-4-11-5-3-7/h7,11H,2-5,10H2,1H3,(H,12,13). The zero-order chi connectivity index (χ0) is 9.26. The highest BCUT2D eigenvalue weighted by Gasteiger charge is 2.20. The van der Waals surface area contributed by atoms with Gasteiger partial charge in [-0.25, -0.2) is 0 Å². The fraction of sp³-hybridized carbons (Fsp3) is 0.667. The number of aryl methyl sites for hydroxylation is 1. The molecular weight excluding hydrogens is 164 g/mol. The highest BCUT2D eigenvalue weighted by Crippen LogP contribution is 2.28. The average molecular weight is 180 g/mol. The molecule has 4 N–H and O–H groups in total. The number of piperidine rings is 1. The molecule has 1 aromatic heterocycles. The van der Waals surface area contributed by atoms with Crippen LogP contribution in [0.25, 0.3) is 0 Å². The zero-order valence-electron chi connectivity index (χ0n) is 7.93. The summed E-state index contributed by atoms with van der Waals surface area (Å²) in [7, 11) is 0. The van der Waals surface area contributed by atoms with E-state index in [0.29, 0.717) is 5.92 Å². The Morgan fingerprint density at radius 1 is 1.38 bits per heavy atom. The molecule has 0 unspecified atom stereocenters. The van der Waals surface area contributed by atoms with Crippen molar-refractivity contribution in [3.8, 4) is 0 Å². The van der Waals surface area contributed by atoms with Gasteiger partial charge in [0.1, 0.15) is 0 Å². The highest BCUT2D eigenvalue weighted by molar-refractivity contribution is 5.48. The van der Waals surface area contributed by atoms with Gasteiger partial charge in [-0.1, -0.05) is 0 Å². The van der Waals surface area contributed by atoms with E-state index in [2.05, 4.69) is 15.5 Å². The van der Waals surface area contributed by atoms with E-state index in [1.165, 1.54) is 0 Å². The van der Waals surface area contributed by atoms with E-state index in [1.807, 2.05) is 6.92 Å². The second-order valence-corrected chi connectivity index (χ2v) is 3.67. The van der Waals surface area contributed by atoms with Gasteiger partial charge in [0.05, 0.1) is 17.1 Å². The molecule has 13 heavy (non-hydrogen) atoms. The third kappa shape index (κ3) is 1.54. The molecule has 1 aliphatic rings. The van der Waals surface area contributed by atoms with Gasteiger partial charge in [-0.2, -0.15) is 5.10 Å². The van der Waals surface area contributed by atoms with Crippen LogP contribution in [0.3, 0.4) is 0 Å². The SMILES string of the molecule is Cc1[nH]nc(C2CCNCC2)c1N. The first-order valence-corrected chi connectivity index (χ1v) is 4.80. The molecule has 1 saturated heterocycles. The number of aromatic nitrogens is 2. The van der Waals surface area contributed by atoms with E-state index in [4.69, 9.17) is 5.73 Å². The van der Waals surface area contributed by atoms with Crippen molar-refractivity contribution in [2.45, 2.75) is 25.7 Å². The first kappa shape index (κ1) is 8.56. The highest BCUT2D eigenvalue weighted by atomic mass is 15.1. The number of hydrogen-bond donors (Lipinski definition) is 3. The number of nitrogen functional groups attached to an aromatic ring is 1. The van der Waals surface area contributed by atoms with Crippen molar-refractivity contribution in [2.24, 2.45) is 0 Å². The Bertz CT molecular complexity index is 286. The van der Waals surface area contributed by atoms with Gasteiger partial charge in [0.25, 0.3) is 0 Å². The van der Waals surface area contributed by atoms with Crippen molar-refractivity contribution in [1.29, 1.82) is 0 Å². The minimum absolute atomic E-state index is 0.547. The number of rotatable bonds is 1. The summed E-state index contributed by atoms with van der Waals surface area (Å²) in [4.78, 5) is 0. The Kier molecular flexibility index (Phi) is 2.22. The Hall–Kier alpha value is -1.03. The summed E-state index contributed by atoms with van der Waals surface area (Å²) in [5.74, 6) is 0.547. The summed E-state index contributed by atoms with van der Waals surface area (Å²) in [6.45, 7) is 4.12. The predicted octanol–water partition coefficient (Wildman–Crippen LogP) is 0.767. The summed E-state index contributed by atoms with van der Waals surface area (Å²) in [6, 6.07) is 0. The van der Waals surface area contributed by atoms with E-state index in [1.54, 1.807) is 0 Å². The molecule has 0 spiro atoms. The molecule has 4 heteroatoms. The molecule has 2 rings (SSSR count). The number of nitrogens with two attached hydrogens (primary N) is 1. The molecule has 0 aliphatic carbocycles. The Morgan fingerprint density at radius 2 is 2.08 bits per heavy atom. The van der Waals surface area contributed by atoms with Gasteiger partial charge in [-0.3, -0.25) is 5.10 Å². The van der Waals surface area contributed by atoms with Crippen LogP contribution in [0.2, 0.25) is 0 Å². The van der Waals surface area contributed by atoms with Crippen molar-refractivity contribution >= 4 is 5.69 Å². The number of hydrogen-bond acceptors (Lipinski definition) is 3. The van der Waals surface area contributed by atoms with Crippen LogP contribution in [-0.4, -0.2) is 23.3 Å². The lowest BCUT2D eigenvalue weighted by Gasteiger charge is -2.21. The topological polar surface area (TPSA) is 66.7 Å². The number of nitrogens with zero attached hydrogens (tertiary/aromatic N) is 1. The van der Waals surface area contributed by atoms with E-state index in [-0.39, 0.29) is 0 Å². The number of H-pyrrole nitrogens is 1. The van der Waals surface area contributed by atoms with Gasteiger partial charge in [-0.15, -0.1) is 0 Å². The molecule has 0 atom stereocenters. The maximum atomic E-state index is 5.92. The van der Waals surface area contributed by atoms with Gasteiger partial charge in [0.2, 0.25) is 0 Å². The van der Waals surface area contributed by atoms with E-state index >= 15 is 0 Å². The van der Waals surface area contributed by atoms with Crippen molar-refractivity contribution < 1.29 is 0 Å². The molecular formula is C9H16N4. The lowest BCUT2D eigenvalue weighted by atomic mass is 9.94. The molecule has 1 fully saturated rings. The zero-order valence-corrected chi connectivity index (χ0v) is 7.93. The van der Waals surface area contributed by atoms with Crippen LogP contribution in [0, 0.1) is 6.92 Å². The summed E-state index contributed by atoms with van der Waals surface area (Å²) in [6.07, 6.45) is 2.29. The third-order valence-corrected chi connectivity index (χ3v) is 2.75. The predicted molar refractivity (Wildman–Crippen MR) is 52.6 cm³/mol. The molecule has 72 valence electrons. The maximum Gasteiger partial charge on any atom is 0.0886 e. The third-order valence-electron chi connectivity index (χ3n) is 2.75. The Morgan fingerprint density at radius 3 is 2.62 bits per heavy atom. The van der Waals surface area contributed by atoms with Gasteiger partial charge in [-0.05, 0) is 32.9 Å². The molecule has 2 heterocycles. The van der Waals surface area contributed by atoms with Gasteiger partial charge < -0.3 is 11.1 Å². The fourth-order valence-corrected chi connectivity index (χ4v) is 1.86. The average Bonchev–Trinajstić information content (AvgIpc) is 2.49. The monoisotopic (exact) mass is 180 g/mol. The van der Waals surface area contributed by atoms with Crippen molar-refractivity contribution in [3.63, 3.8) is 0 Å². The summed E-state index contributed by atoms with van der Waals surface area (Å²) in [5.41, 5.74) is 8.84. The molecule has 0 aromatic carbocycles. The minimum Gasteiger partial charge on any atom is -0.396 e. The van der Waals surface area contributed by atoms with Crippen LogP contribution < -0.4 is 11.1 Å². The molecule has 0 radical (unpaired) electrons. The van der Waals surface area contributed by atoms with Crippen LogP contribution in [-0.2, 0) is 0 Å². The second kappa shape index (κ2) is 3.38. The minimum atomic E-state index is 0.547. The molecule has 4 nitrogen and oxygen atoms in total. The van der Waals surface area contributed by atoms with Crippen LogP contribution in [0.4, 0.5) is 5.69 Å². The number of anilines is 1. The molecule has 0 bridgehead atoms. The van der Waals surface area contributed by atoms with E-state index in [9.17, 15) is 0 Å². The smallest absolute Gasteiger partial charge is 0.0886 e. The van der Waals surface area contributed by atoms with E-state index in [0.717, 1.165) is 43.0 Å². The van der Waals surface area contributed by atoms with Crippen molar-refractivity contribution in [1.82, 2.24) is 15.5 Å². The Labute approximate surface area is 77.9 Å². The quantitative estimate of drug-likeness (QED) is 0.598. The normalized spacial score (nSPS) is 19.2. The number of nitrogens with one attached hydrogen (secondary N) is 2. The van der Waals surface area contributed by atoms with Crippen LogP contribution >= 0.6 is 0 Å². The van der Waals surface area contributed by atoms with Gasteiger partial charge in [0.15, 0.2) is 0 Å². The van der Waals surface area contributed by atoms with Crippen molar-refractivity contribution in [3.05, 3.63) is 11.4 Å². The fourth-order valence-electron chi connectivity index (χ4n) is 1.86. The second-order valence-electron chi connectivity index (χ2n) is 3.67. The summed E-state index contributed by atoms with van der Waals surface area (Å²) >= 11 is 0. The molecule has 1 aromatic rings. The van der Waals surface area contributed by atoms with Crippen LogP contribution in [0.1, 0.15) is 30.1 Å². The molecule has 1 aliphatic heterocycles. The summed E-state index contributed by atoms with van der Waals surface area (Å²) < 4.78 is 0. The van der Waals surface area contributed by atoms with E-state index < -0.39 is 0 Å². The van der Waals surface area contributed by atoms with Gasteiger partial charge in [0, 0.05) is 5.92 Å². The lowest BCUT2D eigenvalue weighted by molar-refractivity contribution is 0.453. The lowest BCUT2D eigenvalue weighted by Crippen LogP contribution is -2.27. The summed E-state index contributed by atoms with van der Waals surface area (Å²) in [5, 5.41) is 10.5.